The van der Waals surface area contributed by atoms with Crippen LogP contribution in [0.4, 0.5) is 0 Å². The predicted octanol–water partition coefficient (Wildman–Crippen LogP) is 4.21. The van der Waals surface area contributed by atoms with Crippen molar-refractivity contribution in [1.82, 2.24) is 24.0 Å². The highest BCUT2D eigenvalue weighted by molar-refractivity contribution is 6.00. The molecule has 0 atom stereocenters. The van der Waals surface area contributed by atoms with Crippen LogP contribution in [0, 0.1) is 11.8 Å². The van der Waals surface area contributed by atoms with E-state index in [0.717, 1.165) is 72.5 Å². The molecule has 0 bridgehead atoms. The van der Waals surface area contributed by atoms with Gasteiger partial charge < -0.3 is 24.5 Å². The van der Waals surface area contributed by atoms with Crippen LogP contribution in [0.1, 0.15) is 42.5 Å². The van der Waals surface area contributed by atoms with Crippen LogP contribution < -0.4 is 10.5 Å². The van der Waals surface area contributed by atoms with E-state index < -0.39 is 0 Å². The molecule has 2 aliphatic rings. The number of carbonyl (C=O) groups is 1. The molecule has 0 unspecified atom stereocenters. The smallest absolute Gasteiger partial charge is 0.254 e. The maximum atomic E-state index is 13.4. The number of amides is 1. The molecule has 1 aliphatic heterocycles. The summed E-state index contributed by atoms with van der Waals surface area (Å²) in [6.45, 7) is 3.20. The number of nitrogens with two attached hydrogens (primary N) is 1. The summed E-state index contributed by atoms with van der Waals surface area (Å²) in [5, 5.41) is 1.11. The van der Waals surface area contributed by atoms with E-state index in [1.54, 1.807) is 7.11 Å². The van der Waals surface area contributed by atoms with Gasteiger partial charge in [-0.25, -0.2) is 9.97 Å². The van der Waals surface area contributed by atoms with Gasteiger partial charge in [-0.1, -0.05) is 0 Å². The standard InChI is InChI=1S/C28H34N6O2/c1-32-25-22(14-21(16-24(25)36-2)28(35)33-12-8-18(7-10-29)9-13-33)31-27(32)23-15-20-4-3-11-30-26(20)34(23)17-19-5-6-19/h3-4,11,14-16,18-19H,5-10,12-13,17,29H2,1-2H3. The van der Waals surface area contributed by atoms with Gasteiger partial charge in [0.1, 0.15) is 16.9 Å². The minimum absolute atomic E-state index is 0.0423. The molecule has 4 heterocycles. The summed E-state index contributed by atoms with van der Waals surface area (Å²) >= 11 is 0. The van der Waals surface area contributed by atoms with Gasteiger partial charge in [-0.15, -0.1) is 0 Å². The van der Waals surface area contributed by atoms with Crippen molar-refractivity contribution in [2.45, 2.75) is 38.6 Å². The van der Waals surface area contributed by atoms with Crippen LogP contribution in [-0.4, -0.2) is 56.7 Å². The Balaban J connectivity index is 1.39. The maximum absolute atomic E-state index is 13.4. The van der Waals surface area contributed by atoms with Crippen molar-refractivity contribution in [3.8, 4) is 17.3 Å². The van der Waals surface area contributed by atoms with Crippen LogP contribution in [-0.2, 0) is 13.6 Å². The number of nitrogens with zero attached hydrogens (tertiary/aromatic N) is 5. The van der Waals surface area contributed by atoms with Gasteiger partial charge in [0.25, 0.3) is 5.91 Å². The number of fused-ring (bicyclic) bond motifs is 2. The van der Waals surface area contributed by atoms with Crippen LogP contribution in [0.2, 0.25) is 0 Å². The first kappa shape index (κ1) is 23.0. The van der Waals surface area contributed by atoms with Crippen LogP contribution in [0.5, 0.6) is 5.75 Å². The molecule has 3 aromatic heterocycles. The summed E-state index contributed by atoms with van der Waals surface area (Å²) in [5.74, 6) is 2.88. The van der Waals surface area contributed by atoms with E-state index in [4.69, 9.17) is 15.5 Å². The van der Waals surface area contributed by atoms with Crippen molar-refractivity contribution in [2.24, 2.45) is 24.6 Å². The summed E-state index contributed by atoms with van der Waals surface area (Å²) in [6.07, 6.45) is 7.43. The van der Waals surface area contributed by atoms with Gasteiger partial charge in [-0.2, -0.15) is 0 Å². The molecule has 1 saturated carbocycles. The van der Waals surface area contributed by atoms with Crippen LogP contribution >= 0.6 is 0 Å². The molecule has 8 nitrogen and oxygen atoms in total. The summed E-state index contributed by atoms with van der Waals surface area (Å²) < 4.78 is 10.2. The molecular weight excluding hydrogens is 452 g/mol. The zero-order valence-electron chi connectivity index (χ0n) is 21.1. The van der Waals surface area contributed by atoms with E-state index in [-0.39, 0.29) is 5.91 Å². The van der Waals surface area contributed by atoms with E-state index in [0.29, 0.717) is 29.7 Å². The number of methoxy groups -OCH3 is 1. The number of aromatic nitrogens is 4. The second kappa shape index (κ2) is 9.24. The molecule has 36 heavy (non-hydrogen) atoms. The van der Waals surface area contributed by atoms with Gasteiger partial charge in [-0.3, -0.25) is 4.79 Å². The normalized spacial score (nSPS) is 16.8. The average Bonchev–Trinajstić information content (AvgIpc) is 3.57. The molecule has 1 saturated heterocycles. The first-order chi connectivity index (χ1) is 17.6. The molecule has 0 spiro atoms. The summed E-state index contributed by atoms with van der Waals surface area (Å²) in [5.41, 5.74) is 10.1. The Labute approximate surface area is 211 Å². The molecule has 1 aromatic carbocycles. The van der Waals surface area contributed by atoms with Crippen molar-refractivity contribution >= 4 is 28.0 Å². The fourth-order valence-electron chi connectivity index (χ4n) is 5.68. The number of hydrogen-bond donors (Lipinski definition) is 1. The van der Waals surface area contributed by atoms with Crippen LogP contribution in [0.3, 0.4) is 0 Å². The second-order valence-corrected chi connectivity index (χ2v) is 10.4. The molecule has 4 aromatic rings. The van der Waals surface area contributed by atoms with Gasteiger partial charge in [0.15, 0.2) is 5.82 Å². The molecule has 8 heteroatoms. The summed E-state index contributed by atoms with van der Waals surface area (Å²) in [6, 6.07) is 10.0. The highest BCUT2D eigenvalue weighted by Crippen LogP contribution is 2.37. The number of piperidine rings is 1. The number of likely N-dealkylation sites (tertiary alicyclic amines) is 1. The number of aryl methyl sites for hydroxylation is 1. The number of ether oxygens (including phenoxy) is 1. The molecule has 0 radical (unpaired) electrons. The molecule has 6 rings (SSSR count). The third kappa shape index (κ3) is 4.03. The number of hydrogen-bond acceptors (Lipinski definition) is 5. The maximum Gasteiger partial charge on any atom is 0.254 e. The first-order valence-electron chi connectivity index (χ1n) is 13.1. The lowest BCUT2D eigenvalue weighted by molar-refractivity contribution is 0.0687. The second-order valence-electron chi connectivity index (χ2n) is 10.4. The zero-order valence-corrected chi connectivity index (χ0v) is 21.1. The Bertz CT molecular complexity index is 1430. The summed E-state index contributed by atoms with van der Waals surface area (Å²) in [7, 11) is 3.67. The molecular formula is C28H34N6O2. The topological polar surface area (TPSA) is 91.2 Å². The number of carbonyl (C=O) groups excluding carboxylic acids is 1. The average molecular weight is 487 g/mol. The Hall–Kier alpha value is -3.39. The van der Waals surface area contributed by atoms with E-state index in [9.17, 15) is 4.79 Å². The fraction of sp³-hybridized carbons (Fsp3) is 0.464. The largest absolute Gasteiger partial charge is 0.494 e. The summed E-state index contributed by atoms with van der Waals surface area (Å²) in [4.78, 5) is 25.1. The van der Waals surface area contributed by atoms with Crippen LogP contribution in [0.25, 0.3) is 33.6 Å². The van der Waals surface area contributed by atoms with E-state index in [2.05, 4.69) is 26.3 Å². The van der Waals surface area contributed by atoms with Gasteiger partial charge in [-0.05, 0) is 80.8 Å². The molecule has 188 valence electrons. The van der Waals surface area contributed by atoms with Crippen molar-refractivity contribution in [3.05, 3.63) is 42.1 Å². The first-order valence-corrected chi connectivity index (χ1v) is 13.1. The third-order valence-electron chi connectivity index (χ3n) is 7.90. The van der Waals surface area contributed by atoms with Gasteiger partial charge >= 0.3 is 0 Å². The molecule has 1 aliphatic carbocycles. The van der Waals surface area contributed by atoms with Crippen molar-refractivity contribution < 1.29 is 9.53 Å². The van der Waals surface area contributed by atoms with Crippen molar-refractivity contribution in [1.29, 1.82) is 0 Å². The third-order valence-corrected chi connectivity index (χ3v) is 7.90. The lowest BCUT2D eigenvalue weighted by atomic mass is 9.93. The fourth-order valence-corrected chi connectivity index (χ4v) is 5.68. The number of rotatable bonds is 7. The Morgan fingerprint density at radius 1 is 1.14 bits per heavy atom. The minimum atomic E-state index is 0.0423. The molecule has 2 fully saturated rings. The van der Waals surface area contributed by atoms with Crippen molar-refractivity contribution in [3.63, 3.8) is 0 Å². The molecule has 1 amide bonds. The quantitative estimate of drug-likeness (QED) is 0.423. The number of pyridine rings is 1. The SMILES string of the molecule is COc1cc(C(=O)N2CCC(CCN)CC2)cc2nc(-c3cc4cccnc4n3CC3CC3)n(C)c12. The van der Waals surface area contributed by atoms with E-state index in [1.807, 2.05) is 36.3 Å². The van der Waals surface area contributed by atoms with Gasteiger partial charge in [0.2, 0.25) is 0 Å². The monoisotopic (exact) mass is 486 g/mol. The lowest BCUT2D eigenvalue weighted by Gasteiger charge is -2.32. The minimum Gasteiger partial charge on any atom is -0.494 e. The molecule has 2 N–H and O–H groups in total. The predicted molar refractivity (Wildman–Crippen MR) is 141 cm³/mol. The lowest BCUT2D eigenvalue weighted by Crippen LogP contribution is -2.38. The Kier molecular flexibility index (Phi) is 5.91. The highest BCUT2D eigenvalue weighted by Gasteiger charge is 2.28. The zero-order chi connectivity index (χ0) is 24.8. The van der Waals surface area contributed by atoms with Gasteiger partial charge in [0, 0.05) is 43.8 Å². The number of benzene rings is 1. The van der Waals surface area contributed by atoms with E-state index in [1.165, 1.54) is 12.8 Å². The van der Waals surface area contributed by atoms with E-state index >= 15 is 0 Å². The van der Waals surface area contributed by atoms with Crippen LogP contribution in [0.15, 0.2) is 36.5 Å². The Morgan fingerprint density at radius 3 is 2.67 bits per heavy atom. The van der Waals surface area contributed by atoms with Gasteiger partial charge in [0.05, 0.1) is 18.3 Å². The number of imidazole rings is 1. The highest BCUT2D eigenvalue weighted by atomic mass is 16.5. The Morgan fingerprint density at radius 2 is 1.94 bits per heavy atom. The van der Waals surface area contributed by atoms with Crippen molar-refractivity contribution in [2.75, 3.05) is 26.7 Å².